The van der Waals surface area contributed by atoms with Crippen LogP contribution in [0.2, 0.25) is 0 Å². The number of nitrogens with one attached hydrogen (secondary N) is 1. The van der Waals surface area contributed by atoms with Crippen molar-refractivity contribution in [3.63, 3.8) is 0 Å². The largest absolute Gasteiger partial charge is 0.325 e. The molecule has 3 rings (SSSR count). The van der Waals surface area contributed by atoms with Gasteiger partial charge in [-0.05, 0) is 48.2 Å². The highest BCUT2D eigenvalue weighted by Gasteiger charge is 2.26. The van der Waals surface area contributed by atoms with Crippen molar-refractivity contribution in [1.82, 2.24) is 4.98 Å². The van der Waals surface area contributed by atoms with Crippen LogP contribution in [0, 0.1) is 5.92 Å². The number of nitrogens with two attached hydrogens (primary N) is 1. The lowest BCUT2D eigenvalue weighted by Gasteiger charge is -2.18. The van der Waals surface area contributed by atoms with Crippen molar-refractivity contribution in [2.45, 2.75) is 26.3 Å². The van der Waals surface area contributed by atoms with Gasteiger partial charge in [0.1, 0.15) is 0 Å². The first kappa shape index (κ1) is 17.1. The number of hydrogen-bond acceptors (Lipinski definition) is 4. The molecular weight excluding hydrogens is 316 g/mol. The minimum Gasteiger partial charge on any atom is -0.325 e. The summed E-state index contributed by atoms with van der Waals surface area (Å²) in [6.07, 6.45) is 3.97. The Kier molecular flexibility index (Phi) is 4.81. The van der Waals surface area contributed by atoms with Crippen LogP contribution < -0.4 is 16.0 Å². The quantitative estimate of drug-likeness (QED) is 0.894. The summed E-state index contributed by atoms with van der Waals surface area (Å²) in [5, 5.41) is 2.85. The van der Waals surface area contributed by atoms with E-state index in [-0.39, 0.29) is 17.7 Å². The molecule has 3 N–H and O–H groups in total. The maximum atomic E-state index is 12.6. The van der Waals surface area contributed by atoms with Crippen LogP contribution >= 0.6 is 0 Å². The van der Waals surface area contributed by atoms with Gasteiger partial charge in [0.25, 0.3) is 5.91 Å². The summed E-state index contributed by atoms with van der Waals surface area (Å²) < 4.78 is 0. The number of amides is 2. The Morgan fingerprint density at radius 1 is 1.28 bits per heavy atom. The third-order valence-electron chi connectivity index (χ3n) is 4.42. The van der Waals surface area contributed by atoms with Crippen LogP contribution in [0.4, 0.5) is 11.4 Å². The van der Waals surface area contributed by atoms with Gasteiger partial charge in [-0.25, -0.2) is 0 Å². The normalized spacial score (nSPS) is 14.3. The van der Waals surface area contributed by atoms with Crippen molar-refractivity contribution in [3.05, 3.63) is 53.9 Å². The molecule has 0 aliphatic carbocycles. The highest BCUT2D eigenvalue weighted by molar-refractivity contribution is 6.07. The number of aromatic nitrogens is 1. The highest BCUT2D eigenvalue weighted by atomic mass is 16.2. The van der Waals surface area contributed by atoms with E-state index in [1.54, 1.807) is 35.5 Å². The van der Waals surface area contributed by atoms with Gasteiger partial charge in [0.05, 0.1) is 11.6 Å². The monoisotopic (exact) mass is 338 g/mol. The second-order valence-corrected chi connectivity index (χ2v) is 6.55. The molecule has 1 atom stereocenters. The minimum atomic E-state index is -0.545. The molecule has 1 aromatic carbocycles. The molecule has 1 aromatic heterocycles. The lowest BCUT2D eigenvalue weighted by atomic mass is 10.0. The van der Waals surface area contributed by atoms with Gasteiger partial charge < -0.3 is 16.0 Å². The van der Waals surface area contributed by atoms with E-state index in [2.05, 4.69) is 10.3 Å². The fourth-order valence-corrected chi connectivity index (χ4v) is 2.86. The number of benzene rings is 1. The SMILES string of the molecule is CC(C)[C@H](N)C(=O)Nc1ccc2c(c1)CCN2C(=O)c1cccnc1. The van der Waals surface area contributed by atoms with Crippen LogP contribution in [0.1, 0.15) is 29.8 Å². The maximum absolute atomic E-state index is 12.6. The summed E-state index contributed by atoms with van der Waals surface area (Å²) in [6.45, 7) is 4.44. The lowest BCUT2D eigenvalue weighted by molar-refractivity contribution is -0.118. The summed E-state index contributed by atoms with van der Waals surface area (Å²) in [7, 11) is 0. The molecule has 0 unspecified atom stereocenters. The summed E-state index contributed by atoms with van der Waals surface area (Å²) in [5.41, 5.74) is 9.06. The van der Waals surface area contributed by atoms with Gasteiger partial charge in [-0.15, -0.1) is 0 Å². The van der Waals surface area contributed by atoms with Crippen LogP contribution in [-0.2, 0) is 11.2 Å². The zero-order valence-electron chi connectivity index (χ0n) is 14.4. The number of anilines is 2. The van der Waals surface area contributed by atoms with Crippen molar-refractivity contribution in [1.29, 1.82) is 0 Å². The van der Waals surface area contributed by atoms with Crippen LogP contribution in [0.5, 0.6) is 0 Å². The first-order valence-corrected chi connectivity index (χ1v) is 8.38. The molecular formula is C19H22N4O2. The fourth-order valence-electron chi connectivity index (χ4n) is 2.86. The van der Waals surface area contributed by atoms with Crippen molar-refractivity contribution in [3.8, 4) is 0 Å². The van der Waals surface area contributed by atoms with E-state index in [0.717, 1.165) is 17.7 Å². The predicted molar refractivity (Wildman–Crippen MR) is 97.5 cm³/mol. The molecule has 25 heavy (non-hydrogen) atoms. The van der Waals surface area contributed by atoms with Gasteiger partial charge in [-0.2, -0.15) is 0 Å². The van der Waals surface area contributed by atoms with E-state index >= 15 is 0 Å². The van der Waals surface area contributed by atoms with E-state index < -0.39 is 6.04 Å². The number of rotatable bonds is 4. The average molecular weight is 338 g/mol. The predicted octanol–water partition coefficient (Wildman–Crippen LogP) is 2.21. The average Bonchev–Trinajstić information content (AvgIpc) is 3.04. The second kappa shape index (κ2) is 7.03. The van der Waals surface area contributed by atoms with Gasteiger partial charge >= 0.3 is 0 Å². The number of carbonyl (C=O) groups excluding carboxylic acids is 2. The van der Waals surface area contributed by atoms with Crippen molar-refractivity contribution in [2.24, 2.45) is 11.7 Å². The van der Waals surface area contributed by atoms with Crippen LogP contribution in [-0.4, -0.2) is 29.4 Å². The molecule has 0 fully saturated rings. The number of pyridine rings is 1. The van der Waals surface area contributed by atoms with E-state index in [0.29, 0.717) is 17.8 Å². The lowest BCUT2D eigenvalue weighted by Crippen LogP contribution is -2.39. The van der Waals surface area contributed by atoms with Gasteiger partial charge in [-0.1, -0.05) is 13.8 Å². The molecule has 6 heteroatoms. The third-order valence-corrected chi connectivity index (χ3v) is 4.42. The molecule has 1 aliphatic rings. The number of nitrogens with zero attached hydrogens (tertiary/aromatic N) is 2. The van der Waals surface area contributed by atoms with E-state index in [4.69, 9.17) is 5.73 Å². The second-order valence-electron chi connectivity index (χ2n) is 6.55. The minimum absolute atomic E-state index is 0.0644. The van der Waals surface area contributed by atoms with Gasteiger partial charge in [0, 0.05) is 30.3 Å². The summed E-state index contributed by atoms with van der Waals surface area (Å²) in [4.78, 5) is 30.5. The highest BCUT2D eigenvalue weighted by Crippen LogP contribution is 2.31. The summed E-state index contributed by atoms with van der Waals surface area (Å²) >= 11 is 0. The topological polar surface area (TPSA) is 88.3 Å². The summed E-state index contributed by atoms with van der Waals surface area (Å²) in [5.74, 6) is -0.191. The Morgan fingerprint density at radius 3 is 2.76 bits per heavy atom. The van der Waals surface area contributed by atoms with Crippen LogP contribution in [0.15, 0.2) is 42.7 Å². The van der Waals surface area contributed by atoms with Crippen molar-refractivity contribution >= 4 is 23.2 Å². The van der Waals surface area contributed by atoms with Crippen molar-refractivity contribution in [2.75, 3.05) is 16.8 Å². The molecule has 1 aliphatic heterocycles. The van der Waals surface area contributed by atoms with E-state index in [1.807, 2.05) is 26.0 Å². The number of fused-ring (bicyclic) bond motifs is 1. The zero-order chi connectivity index (χ0) is 18.0. The van der Waals surface area contributed by atoms with E-state index in [1.165, 1.54) is 0 Å². The molecule has 130 valence electrons. The van der Waals surface area contributed by atoms with Crippen LogP contribution in [0.25, 0.3) is 0 Å². The standard InChI is InChI=1S/C19H22N4O2/c1-12(2)17(20)18(24)22-15-5-6-16-13(10-15)7-9-23(16)19(25)14-4-3-8-21-11-14/h3-6,8,10-12,17H,7,9,20H2,1-2H3,(H,22,24)/t17-/m0/s1. The van der Waals surface area contributed by atoms with E-state index in [9.17, 15) is 9.59 Å². The Labute approximate surface area is 147 Å². The Bertz CT molecular complexity index is 789. The first-order valence-electron chi connectivity index (χ1n) is 8.38. The van der Waals surface area contributed by atoms with Gasteiger partial charge in [-0.3, -0.25) is 14.6 Å². The third kappa shape index (κ3) is 3.53. The number of hydrogen-bond donors (Lipinski definition) is 2. The zero-order valence-corrected chi connectivity index (χ0v) is 14.4. The van der Waals surface area contributed by atoms with Crippen molar-refractivity contribution < 1.29 is 9.59 Å². The Balaban J connectivity index is 1.77. The van der Waals surface area contributed by atoms with Gasteiger partial charge in [0.2, 0.25) is 5.91 Å². The molecule has 0 saturated carbocycles. The molecule has 0 saturated heterocycles. The number of carbonyl (C=O) groups is 2. The first-order chi connectivity index (χ1) is 12.0. The molecule has 0 radical (unpaired) electrons. The maximum Gasteiger partial charge on any atom is 0.259 e. The molecule has 0 spiro atoms. The molecule has 0 bridgehead atoms. The molecule has 2 amide bonds. The fraction of sp³-hybridized carbons (Fsp3) is 0.316. The molecule has 2 aromatic rings. The Morgan fingerprint density at radius 2 is 2.08 bits per heavy atom. The smallest absolute Gasteiger partial charge is 0.259 e. The molecule has 6 nitrogen and oxygen atoms in total. The van der Waals surface area contributed by atoms with Crippen LogP contribution in [0.3, 0.4) is 0 Å². The summed E-state index contributed by atoms with van der Waals surface area (Å²) in [6, 6.07) is 8.55. The van der Waals surface area contributed by atoms with Gasteiger partial charge in [0.15, 0.2) is 0 Å². The molecule has 2 heterocycles. The Hall–Kier alpha value is -2.73.